The van der Waals surface area contributed by atoms with Crippen LogP contribution >= 0.6 is 0 Å². The molecule has 0 radical (unpaired) electrons. The van der Waals surface area contributed by atoms with Crippen LogP contribution in [-0.2, 0) is 9.53 Å². The first kappa shape index (κ1) is 20.8. The van der Waals surface area contributed by atoms with Crippen molar-refractivity contribution < 1.29 is 9.53 Å². The number of carbonyl (C=O) groups excluding carboxylic acids is 1. The Morgan fingerprint density at radius 3 is 2.89 bits per heavy atom. The van der Waals surface area contributed by atoms with Gasteiger partial charge in [0.05, 0.1) is 18.4 Å². The van der Waals surface area contributed by atoms with E-state index in [0.717, 1.165) is 49.2 Å². The summed E-state index contributed by atoms with van der Waals surface area (Å²) < 4.78 is 5.69. The fourth-order valence-electron chi connectivity index (χ4n) is 3.66. The quantitative estimate of drug-likeness (QED) is 0.380. The second kappa shape index (κ2) is 9.49. The molecule has 0 unspecified atom stereocenters. The molecule has 2 fully saturated rings. The molecule has 7 nitrogen and oxygen atoms in total. The first-order chi connectivity index (χ1) is 13.5. The maximum absolute atomic E-state index is 13.1. The van der Waals surface area contributed by atoms with Crippen molar-refractivity contribution in [1.29, 1.82) is 5.41 Å². The van der Waals surface area contributed by atoms with Crippen LogP contribution in [0.15, 0.2) is 18.2 Å². The van der Waals surface area contributed by atoms with Gasteiger partial charge in [0.1, 0.15) is 6.10 Å². The molecule has 0 aromatic heterocycles. The minimum Gasteiger partial charge on any atom is -0.384 e. The molecule has 1 aliphatic heterocycles. The third-order valence-corrected chi connectivity index (χ3v) is 5.39. The summed E-state index contributed by atoms with van der Waals surface area (Å²) in [6.45, 7) is 7.26. The number of carbonyl (C=O) groups is 1. The van der Waals surface area contributed by atoms with Gasteiger partial charge in [0.2, 0.25) is 0 Å². The number of hydrogen-bond acceptors (Lipinski definition) is 6. The van der Waals surface area contributed by atoms with Gasteiger partial charge in [0, 0.05) is 36.9 Å². The molecule has 2 atom stereocenters. The summed E-state index contributed by atoms with van der Waals surface area (Å²) in [5.74, 6) is -0.00305. The summed E-state index contributed by atoms with van der Waals surface area (Å²) in [4.78, 5) is 15.0. The average Bonchev–Trinajstić information content (AvgIpc) is 3.53. The van der Waals surface area contributed by atoms with E-state index in [-0.39, 0.29) is 18.0 Å². The zero-order chi connectivity index (χ0) is 20.1. The predicted octanol–water partition coefficient (Wildman–Crippen LogP) is 1.49. The van der Waals surface area contributed by atoms with Crippen LogP contribution in [0.5, 0.6) is 0 Å². The lowest BCUT2D eigenvalue weighted by molar-refractivity contribution is -0.146. The van der Waals surface area contributed by atoms with E-state index >= 15 is 0 Å². The second-order valence-electron chi connectivity index (χ2n) is 7.75. The number of aryl methyl sites for hydroxylation is 1. The molecule has 0 spiro atoms. The van der Waals surface area contributed by atoms with Crippen LogP contribution < -0.4 is 16.4 Å². The Kier molecular flexibility index (Phi) is 7.04. The van der Waals surface area contributed by atoms with Gasteiger partial charge >= 0.3 is 0 Å². The molecule has 2 aliphatic rings. The first-order valence-electron chi connectivity index (χ1n) is 10.3. The molecule has 1 aromatic rings. The number of nitrogens with two attached hydrogens (primary N) is 1. The van der Waals surface area contributed by atoms with Gasteiger partial charge in [-0.15, -0.1) is 0 Å². The van der Waals surface area contributed by atoms with Crippen molar-refractivity contribution in [2.75, 3.05) is 38.1 Å². The number of morpholine rings is 1. The Morgan fingerprint density at radius 1 is 1.46 bits per heavy atom. The average molecular weight is 388 g/mol. The van der Waals surface area contributed by atoms with E-state index in [0.29, 0.717) is 25.4 Å². The van der Waals surface area contributed by atoms with Crippen molar-refractivity contribution in [2.24, 2.45) is 5.73 Å². The number of nitrogens with one attached hydrogen (secondary N) is 3. The van der Waals surface area contributed by atoms with E-state index in [4.69, 9.17) is 15.9 Å². The summed E-state index contributed by atoms with van der Waals surface area (Å²) in [5.41, 5.74) is 8.98. The molecule has 1 aromatic carbocycles. The lowest BCUT2D eigenvalue weighted by Crippen LogP contribution is -2.54. The number of nitrogens with zero attached hydrogens (tertiary/aromatic N) is 1. The summed E-state index contributed by atoms with van der Waals surface area (Å²) in [7, 11) is 0. The van der Waals surface area contributed by atoms with E-state index in [9.17, 15) is 4.79 Å². The van der Waals surface area contributed by atoms with Crippen LogP contribution in [0.1, 0.15) is 37.3 Å². The number of ether oxygens (including phenoxy) is 1. The van der Waals surface area contributed by atoms with Gasteiger partial charge in [-0.3, -0.25) is 4.79 Å². The van der Waals surface area contributed by atoms with E-state index in [2.05, 4.69) is 16.7 Å². The largest absolute Gasteiger partial charge is 0.384 e. The van der Waals surface area contributed by atoms with Gasteiger partial charge < -0.3 is 31.4 Å². The first-order valence-corrected chi connectivity index (χ1v) is 10.3. The number of rotatable bonds is 9. The Bertz CT molecular complexity index is 698. The summed E-state index contributed by atoms with van der Waals surface area (Å²) >= 11 is 0. The normalized spacial score (nSPS) is 20.5. The van der Waals surface area contributed by atoms with Gasteiger partial charge in [-0.1, -0.05) is 12.1 Å². The third-order valence-electron chi connectivity index (χ3n) is 5.39. The molecule has 1 amide bonds. The van der Waals surface area contributed by atoms with Gasteiger partial charge in [-0.05, 0) is 51.3 Å². The fraction of sp³-hybridized carbons (Fsp3) is 0.619. The molecule has 3 rings (SSSR count). The lowest BCUT2D eigenvalue weighted by atomic mass is 9.98. The molecule has 1 aliphatic carbocycles. The molecule has 28 heavy (non-hydrogen) atoms. The fourth-order valence-corrected chi connectivity index (χ4v) is 3.66. The molecule has 7 heteroatoms. The van der Waals surface area contributed by atoms with Crippen LogP contribution in [0.25, 0.3) is 0 Å². The van der Waals surface area contributed by atoms with Crippen LogP contribution in [0.2, 0.25) is 0 Å². The van der Waals surface area contributed by atoms with Gasteiger partial charge in [-0.2, -0.15) is 0 Å². The Morgan fingerprint density at radius 2 is 2.25 bits per heavy atom. The van der Waals surface area contributed by atoms with E-state index in [1.165, 1.54) is 0 Å². The van der Waals surface area contributed by atoms with Gasteiger partial charge in [0.25, 0.3) is 5.91 Å². The molecule has 154 valence electrons. The zero-order valence-corrected chi connectivity index (χ0v) is 17.0. The number of hydrogen-bond donors (Lipinski definition) is 4. The van der Waals surface area contributed by atoms with E-state index < -0.39 is 6.10 Å². The molecule has 1 saturated carbocycles. The lowest BCUT2D eigenvalue weighted by Gasteiger charge is -2.34. The standard InChI is InChI=1S/C21H33N5O2/c1-14-4-7-17(18(12-14)25-9-3-8-22)20(23)15(2)26(16-5-6-16)21(27)19-13-24-10-11-28-19/h4,7,12,15-16,19,23-25H,3,5-6,8-11,13,22H2,1-2H3/t15-,19-/m1/s1. The highest BCUT2D eigenvalue weighted by molar-refractivity contribution is 6.07. The zero-order valence-electron chi connectivity index (χ0n) is 17.0. The van der Waals surface area contributed by atoms with E-state index in [1.807, 2.05) is 30.9 Å². The van der Waals surface area contributed by atoms with Crippen molar-refractivity contribution in [2.45, 2.75) is 51.3 Å². The van der Waals surface area contributed by atoms with Crippen LogP contribution in [0.4, 0.5) is 5.69 Å². The molecular weight excluding hydrogens is 354 g/mol. The smallest absolute Gasteiger partial charge is 0.253 e. The highest BCUT2D eigenvalue weighted by Gasteiger charge is 2.41. The van der Waals surface area contributed by atoms with Crippen molar-refractivity contribution >= 4 is 17.3 Å². The van der Waals surface area contributed by atoms with Gasteiger partial charge in [-0.25, -0.2) is 0 Å². The SMILES string of the molecule is Cc1ccc(C(=N)[C@@H](C)N(C(=O)[C@H]2CNCCO2)C2CC2)c(NCCCN)c1. The molecule has 5 N–H and O–H groups in total. The van der Waals surface area contributed by atoms with Crippen molar-refractivity contribution in [3.63, 3.8) is 0 Å². The molecule has 1 heterocycles. The summed E-state index contributed by atoms with van der Waals surface area (Å²) in [6.07, 6.45) is 2.41. The number of anilines is 1. The number of benzene rings is 1. The minimum atomic E-state index is -0.454. The van der Waals surface area contributed by atoms with Crippen LogP contribution in [0.3, 0.4) is 0 Å². The summed E-state index contributed by atoms with van der Waals surface area (Å²) in [5, 5.41) is 15.5. The highest BCUT2D eigenvalue weighted by atomic mass is 16.5. The van der Waals surface area contributed by atoms with Crippen molar-refractivity contribution in [3.05, 3.63) is 29.3 Å². The third kappa shape index (κ3) is 4.90. The highest BCUT2D eigenvalue weighted by Crippen LogP contribution is 2.31. The molecule has 1 saturated heterocycles. The minimum absolute atomic E-state index is 0.00305. The Labute approximate surface area is 167 Å². The maximum atomic E-state index is 13.1. The second-order valence-corrected chi connectivity index (χ2v) is 7.75. The number of amides is 1. The maximum Gasteiger partial charge on any atom is 0.253 e. The van der Waals surface area contributed by atoms with Gasteiger partial charge in [0.15, 0.2) is 0 Å². The van der Waals surface area contributed by atoms with E-state index in [1.54, 1.807) is 0 Å². The molecular formula is C21H33N5O2. The van der Waals surface area contributed by atoms with Crippen LogP contribution in [-0.4, -0.2) is 67.5 Å². The summed E-state index contributed by atoms with van der Waals surface area (Å²) in [6, 6.07) is 5.97. The monoisotopic (exact) mass is 387 g/mol. The van der Waals surface area contributed by atoms with Crippen molar-refractivity contribution in [1.82, 2.24) is 10.2 Å². The Hall–Kier alpha value is -1.96. The van der Waals surface area contributed by atoms with Crippen LogP contribution in [0, 0.1) is 12.3 Å². The molecule has 0 bridgehead atoms. The topological polar surface area (TPSA) is 103 Å². The Balaban J connectivity index is 1.78. The predicted molar refractivity (Wildman–Crippen MR) is 112 cm³/mol. The van der Waals surface area contributed by atoms with Crippen molar-refractivity contribution in [3.8, 4) is 0 Å².